The highest BCUT2D eigenvalue weighted by atomic mass is 16.4. The molecule has 1 aliphatic rings. The van der Waals surface area contributed by atoms with Gasteiger partial charge in [-0.3, -0.25) is 4.79 Å². The Kier molecular flexibility index (Phi) is 3.49. The Hall–Kier alpha value is -1.06. The Balaban J connectivity index is 2.67. The highest BCUT2D eigenvalue weighted by molar-refractivity contribution is 5.85. The number of carbonyl (C=O) groups excluding carboxylic acids is 1. The maximum Gasteiger partial charge on any atom is 0.326 e. The minimum atomic E-state index is -0.876. The first-order chi connectivity index (χ1) is 6.57. The topological polar surface area (TPSA) is 57.6 Å². The molecule has 1 heterocycles. The van der Waals surface area contributed by atoms with Crippen LogP contribution in [-0.2, 0) is 9.59 Å². The summed E-state index contributed by atoms with van der Waals surface area (Å²) in [4.78, 5) is 24.1. The minimum Gasteiger partial charge on any atom is -0.480 e. The van der Waals surface area contributed by atoms with Gasteiger partial charge in [-0.2, -0.15) is 0 Å². The largest absolute Gasteiger partial charge is 0.480 e. The van der Waals surface area contributed by atoms with Crippen molar-refractivity contribution in [2.45, 2.75) is 39.2 Å². The third kappa shape index (κ3) is 2.05. The standard InChI is InChI=1S/C10H17NO3/c1-3-7(2)9(12)11-6-4-5-8(11)10(13)14/h7-8H,3-6H2,1-2H3,(H,13,14)/t7?,8-/m1/s1. The number of carboxylic acid groups (broad SMARTS) is 1. The Morgan fingerprint density at radius 2 is 2.21 bits per heavy atom. The van der Waals surface area contributed by atoms with Crippen LogP contribution in [0.25, 0.3) is 0 Å². The molecule has 1 saturated heterocycles. The van der Waals surface area contributed by atoms with Crippen molar-refractivity contribution >= 4 is 11.9 Å². The molecular weight excluding hydrogens is 182 g/mol. The van der Waals surface area contributed by atoms with Gasteiger partial charge >= 0.3 is 5.97 Å². The third-order valence-electron chi connectivity index (χ3n) is 2.85. The number of carbonyl (C=O) groups is 2. The summed E-state index contributed by atoms with van der Waals surface area (Å²) in [5.74, 6) is -0.952. The zero-order chi connectivity index (χ0) is 10.7. The summed E-state index contributed by atoms with van der Waals surface area (Å²) >= 11 is 0. The van der Waals surface area contributed by atoms with E-state index >= 15 is 0 Å². The average Bonchev–Trinajstić information content (AvgIpc) is 2.63. The second-order valence-electron chi connectivity index (χ2n) is 3.84. The zero-order valence-corrected chi connectivity index (χ0v) is 8.69. The second-order valence-corrected chi connectivity index (χ2v) is 3.84. The number of likely N-dealkylation sites (tertiary alicyclic amines) is 1. The zero-order valence-electron chi connectivity index (χ0n) is 8.69. The lowest BCUT2D eigenvalue weighted by Crippen LogP contribution is -2.42. The van der Waals surface area contributed by atoms with Crippen LogP contribution in [0.1, 0.15) is 33.1 Å². The van der Waals surface area contributed by atoms with Gasteiger partial charge in [-0.25, -0.2) is 4.79 Å². The molecule has 2 atom stereocenters. The SMILES string of the molecule is CCC(C)C(=O)N1CCC[C@@H]1C(=O)O. The molecule has 1 amide bonds. The van der Waals surface area contributed by atoms with Crippen molar-refractivity contribution in [1.29, 1.82) is 0 Å². The van der Waals surface area contributed by atoms with Crippen LogP contribution in [0.2, 0.25) is 0 Å². The van der Waals surface area contributed by atoms with Crippen LogP contribution in [0, 0.1) is 5.92 Å². The van der Waals surface area contributed by atoms with Crippen LogP contribution < -0.4 is 0 Å². The third-order valence-corrected chi connectivity index (χ3v) is 2.85. The number of nitrogens with zero attached hydrogens (tertiary/aromatic N) is 1. The highest BCUT2D eigenvalue weighted by Crippen LogP contribution is 2.20. The maximum atomic E-state index is 11.8. The average molecular weight is 199 g/mol. The van der Waals surface area contributed by atoms with E-state index in [1.54, 1.807) is 0 Å². The molecule has 0 bridgehead atoms. The van der Waals surface area contributed by atoms with Crippen molar-refractivity contribution in [3.8, 4) is 0 Å². The Bertz CT molecular complexity index is 240. The number of carboxylic acids is 1. The maximum absolute atomic E-state index is 11.8. The van der Waals surface area contributed by atoms with Gasteiger partial charge in [0.25, 0.3) is 0 Å². The number of hydrogen-bond acceptors (Lipinski definition) is 2. The van der Waals surface area contributed by atoms with Gasteiger partial charge in [0, 0.05) is 12.5 Å². The Morgan fingerprint density at radius 1 is 1.57 bits per heavy atom. The predicted octanol–water partition coefficient (Wildman–Crippen LogP) is 1.11. The summed E-state index contributed by atoms with van der Waals surface area (Å²) in [5.41, 5.74) is 0. The van der Waals surface area contributed by atoms with E-state index in [0.29, 0.717) is 13.0 Å². The van der Waals surface area contributed by atoms with Gasteiger partial charge in [0.1, 0.15) is 6.04 Å². The fourth-order valence-corrected chi connectivity index (χ4v) is 1.74. The van der Waals surface area contributed by atoms with Crippen molar-refractivity contribution in [3.63, 3.8) is 0 Å². The van der Waals surface area contributed by atoms with Crippen molar-refractivity contribution in [3.05, 3.63) is 0 Å². The molecule has 4 heteroatoms. The van der Waals surface area contributed by atoms with Crippen LogP contribution in [0.3, 0.4) is 0 Å². The molecule has 4 nitrogen and oxygen atoms in total. The fourth-order valence-electron chi connectivity index (χ4n) is 1.74. The first kappa shape index (κ1) is 11.0. The van der Waals surface area contributed by atoms with Crippen LogP contribution in [0.15, 0.2) is 0 Å². The van der Waals surface area contributed by atoms with E-state index in [9.17, 15) is 9.59 Å². The molecule has 1 N–H and O–H groups in total. The van der Waals surface area contributed by atoms with E-state index in [4.69, 9.17) is 5.11 Å². The smallest absolute Gasteiger partial charge is 0.326 e. The molecule has 0 aliphatic carbocycles. The lowest BCUT2D eigenvalue weighted by molar-refractivity contribution is -0.149. The van der Waals surface area contributed by atoms with Crippen molar-refractivity contribution in [1.82, 2.24) is 4.90 Å². The molecule has 0 aromatic carbocycles. The first-order valence-electron chi connectivity index (χ1n) is 5.11. The van der Waals surface area contributed by atoms with Crippen molar-refractivity contribution < 1.29 is 14.7 Å². The molecule has 14 heavy (non-hydrogen) atoms. The monoisotopic (exact) mass is 199 g/mol. The summed E-state index contributed by atoms with van der Waals surface area (Å²) in [6.07, 6.45) is 2.17. The van der Waals surface area contributed by atoms with E-state index in [0.717, 1.165) is 12.8 Å². The lowest BCUT2D eigenvalue weighted by Gasteiger charge is -2.24. The molecule has 0 aromatic rings. The molecule has 0 aromatic heterocycles. The quantitative estimate of drug-likeness (QED) is 0.740. The van der Waals surface area contributed by atoms with Gasteiger partial charge in [0.15, 0.2) is 0 Å². The van der Waals surface area contributed by atoms with E-state index < -0.39 is 12.0 Å². The molecule has 1 fully saturated rings. The minimum absolute atomic E-state index is 0.0163. The van der Waals surface area contributed by atoms with Gasteiger partial charge in [-0.15, -0.1) is 0 Å². The second kappa shape index (κ2) is 4.44. The molecule has 1 rings (SSSR count). The van der Waals surface area contributed by atoms with Gasteiger partial charge in [-0.1, -0.05) is 13.8 Å². The Labute approximate surface area is 83.9 Å². The fraction of sp³-hybridized carbons (Fsp3) is 0.800. The highest BCUT2D eigenvalue weighted by Gasteiger charge is 2.35. The van der Waals surface area contributed by atoms with Crippen molar-refractivity contribution in [2.75, 3.05) is 6.54 Å². The van der Waals surface area contributed by atoms with Gasteiger partial charge in [0.2, 0.25) is 5.91 Å². The van der Waals surface area contributed by atoms with Crippen LogP contribution in [-0.4, -0.2) is 34.5 Å². The van der Waals surface area contributed by atoms with E-state index in [-0.39, 0.29) is 11.8 Å². The molecule has 0 radical (unpaired) electrons. The predicted molar refractivity (Wildman–Crippen MR) is 51.8 cm³/mol. The molecule has 1 unspecified atom stereocenters. The van der Waals surface area contributed by atoms with Crippen LogP contribution in [0.5, 0.6) is 0 Å². The molecule has 80 valence electrons. The summed E-state index contributed by atoms with van der Waals surface area (Å²) in [7, 11) is 0. The van der Waals surface area contributed by atoms with Gasteiger partial charge in [0.05, 0.1) is 0 Å². The summed E-state index contributed by atoms with van der Waals surface area (Å²) in [6, 6.07) is -0.587. The number of hydrogen-bond donors (Lipinski definition) is 1. The number of rotatable bonds is 3. The van der Waals surface area contributed by atoms with E-state index in [2.05, 4.69) is 0 Å². The van der Waals surface area contributed by atoms with E-state index in [1.165, 1.54) is 4.90 Å². The molecule has 0 saturated carbocycles. The van der Waals surface area contributed by atoms with Crippen LogP contribution in [0.4, 0.5) is 0 Å². The van der Waals surface area contributed by atoms with Gasteiger partial charge in [-0.05, 0) is 19.3 Å². The first-order valence-corrected chi connectivity index (χ1v) is 5.11. The van der Waals surface area contributed by atoms with Gasteiger partial charge < -0.3 is 10.0 Å². The molecule has 1 aliphatic heterocycles. The lowest BCUT2D eigenvalue weighted by atomic mass is 10.1. The number of amides is 1. The summed E-state index contributed by atoms with van der Waals surface area (Å²) < 4.78 is 0. The Morgan fingerprint density at radius 3 is 2.71 bits per heavy atom. The van der Waals surface area contributed by atoms with E-state index in [1.807, 2.05) is 13.8 Å². The van der Waals surface area contributed by atoms with Crippen LogP contribution >= 0.6 is 0 Å². The number of aliphatic carboxylic acids is 1. The molecule has 0 spiro atoms. The van der Waals surface area contributed by atoms with Crippen molar-refractivity contribution in [2.24, 2.45) is 5.92 Å². The molecular formula is C10H17NO3. The summed E-state index contributed by atoms with van der Waals surface area (Å²) in [6.45, 7) is 4.38. The normalized spacial score (nSPS) is 23.6. The summed E-state index contributed by atoms with van der Waals surface area (Å²) in [5, 5.41) is 8.89.